The Balaban J connectivity index is 1.64. The number of benzene rings is 2. The maximum atomic E-state index is 12.6. The molecule has 28 heavy (non-hydrogen) atoms. The zero-order chi connectivity index (χ0) is 20.1. The lowest BCUT2D eigenvalue weighted by Gasteiger charge is -2.31. The van der Waals surface area contributed by atoms with E-state index in [4.69, 9.17) is 4.74 Å². The maximum Gasteiger partial charge on any atom is 0.289 e. The average molecular weight is 380 g/mol. The molecule has 2 aromatic rings. The van der Waals surface area contributed by atoms with Crippen LogP contribution in [0.25, 0.3) is 11.1 Å². The molecule has 0 radical (unpaired) electrons. The summed E-state index contributed by atoms with van der Waals surface area (Å²) in [5, 5.41) is 2.92. The molecule has 0 unspecified atom stereocenters. The Morgan fingerprint density at radius 2 is 1.82 bits per heavy atom. The first-order chi connectivity index (χ1) is 13.5. The summed E-state index contributed by atoms with van der Waals surface area (Å²) in [5.41, 5.74) is 2.75. The second kappa shape index (κ2) is 8.69. The summed E-state index contributed by atoms with van der Waals surface area (Å²) in [6, 6.07) is 15.4. The van der Waals surface area contributed by atoms with Gasteiger partial charge >= 0.3 is 0 Å². The SMILES string of the molecule is COc1cccc(-c2ccc(NC(=O)[C@@H]3CCCN(C(=O)C(C)=O)C3)cc2)c1. The zero-order valence-electron chi connectivity index (χ0n) is 16.1. The molecule has 1 atom stereocenters. The summed E-state index contributed by atoms with van der Waals surface area (Å²) in [5.74, 6) is -0.656. The zero-order valence-corrected chi connectivity index (χ0v) is 16.1. The van der Waals surface area contributed by atoms with Gasteiger partial charge in [-0.05, 0) is 48.2 Å². The van der Waals surface area contributed by atoms with Gasteiger partial charge in [0.25, 0.3) is 5.91 Å². The van der Waals surface area contributed by atoms with E-state index in [1.165, 1.54) is 11.8 Å². The minimum absolute atomic E-state index is 0.129. The van der Waals surface area contributed by atoms with E-state index in [2.05, 4.69) is 5.32 Å². The highest BCUT2D eigenvalue weighted by Crippen LogP contribution is 2.25. The third kappa shape index (κ3) is 4.57. The molecule has 2 aromatic carbocycles. The smallest absolute Gasteiger partial charge is 0.289 e. The number of Topliss-reactive ketones (excluding diaryl/α,β-unsaturated/α-hetero) is 1. The number of carbonyl (C=O) groups is 3. The molecule has 3 rings (SSSR count). The summed E-state index contributed by atoms with van der Waals surface area (Å²) < 4.78 is 5.25. The normalized spacial score (nSPS) is 16.4. The molecule has 0 saturated carbocycles. The van der Waals surface area contributed by atoms with E-state index < -0.39 is 11.7 Å². The van der Waals surface area contributed by atoms with E-state index in [1.807, 2.05) is 48.5 Å². The molecule has 1 heterocycles. The van der Waals surface area contributed by atoms with Gasteiger partial charge < -0.3 is 15.0 Å². The van der Waals surface area contributed by atoms with Crippen LogP contribution in [0, 0.1) is 5.92 Å². The number of rotatable bonds is 5. The van der Waals surface area contributed by atoms with Crippen molar-refractivity contribution in [2.75, 3.05) is 25.5 Å². The lowest BCUT2D eigenvalue weighted by Crippen LogP contribution is -2.45. The molecular weight excluding hydrogens is 356 g/mol. The minimum atomic E-state index is -0.514. The fourth-order valence-corrected chi connectivity index (χ4v) is 3.39. The van der Waals surface area contributed by atoms with Crippen molar-refractivity contribution in [3.05, 3.63) is 48.5 Å². The van der Waals surface area contributed by atoms with Crippen molar-refractivity contribution in [2.24, 2.45) is 5.92 Å². The Hall–Kier alpha value is -3.15. The molecular formula is C22H24N2O4. The number of nitrogens with one attached hydrogen (secondary N) is 1. The highest BCUT2D eigenvalue weighted by atomic mass is 16.5. The molecule has 146 valence electrons. The fraction of sp³-hybridized carbons (Fsp3) is 0.318. The first-order valence-electron chi connectivity index (χ1n) is 9.33. The number of methoxy groups -OCH3 is 1. The number of carbonyl (C=O) groups excluding carboxylic acids is 3. The Bertz CT molecular complexity index is 876. The van der Waals surface area contributed by atoms with Gasteiger partial charge in [0.1, 0.15) is 5.75 Å². The lowest BCUT2D eigenvalue weighted by molar-refractivity contribution is -0.145. The van der Waals surface area contributed by atoms with Gasteiger partial charge in [-0.2, -0.15) is 0 Å². The number of amides is 2. The number of hydrogen-bond acceptors (Lipinski definition) is 4. The predicted molar refractivity (Wildman–Crippen MR) is 107 cm³/mol. The van der Waals surface area contributed by atoms with Crippen LogP contribution in [-0.2, 0) is 14.4 Å². The molecule has 0 bridgehead atoms. The third-order valence-electron chi connectivity index (χ3n) is 4.94. The Morgan fingerprint density at radius 1 is 1.07 bits per heavy atom. The molecule has 0 spiro atoms. The van der Waals surface area contributed by atoms with Crippen LogP contribution in [0.4, 0.5) is 5.69 Å². The molecule has 2 amide bonds. The number of likely N-dealkylation sites (tertiary alicyclic amines) is 1. The van der Waals surface area contributed by atoms with Crippen molar-refractivity contribution in [1.29, 1.82) is 0 Å². The maximum absolute atomic E-state index is 12.6. The van der Waals surface area contributed by atoms with Crippen LogP contribution in [0.15, 0.2) is 48.5 Å². The number of ketones is 1. The summed E-state index contributed by atoms with van der Waals surface area (Å²) in [6.45, 7) is 2.07. The van der Waals surface area contributed by atoms with Crippen molar-refractivity contribution < 1.29 is 19.1 Å². The molecule has 1 aliphatic rings. The molecule has 1 N–H and O–H groups in total. The molecule has 0 aromatic heterocycles. The van der Waals surface area contributed by atoms with Crippen molar-refractivity contribution >= 4 is 23.3 Å². The van der Waals surface area contributed by atoms with Crippen molar-refractivity contribution in [1.82, 2.24) is 4.90 Å². The largest absolute Gasteiger partial charge is 0.497 e. The molecule has 1 fully saturated rings. The topological polar surface area (TPSA) is 75.7 Å². The Labute approximate surface area is 164 Å². The molecule has 6 nitrogen and oxygen atoms in total. The van der Waals surface area contributed by atoms with Crippen molar-refractivity contribution in [2.45, 2.75) is 19.8 Å². The van der Waals surface area contributed by atoms with Crippen LogP contribution < -0.4 is 10.1 Å². The number of anilines is 1. The second-order valence-electron chi connectivity index (χ2n) is 6.95. The standard InChI is InChI=1S/C22H24N2O4/c1-15(25)22(27)24-12-4-6-18(14-24)21(26)23-19-10-8-16(9-11-19)17-5-3-7-20(13-17)28-2/h3,5,7-11,13,18H,4,6,12,14H2,1-2H3,(H,23,26)/t18-/m1/s1. The number of ether oxygens (including phenoxy) is 1. The van der Waals surface area contributed by atoms with E-state index in [9.17, 15) is 14.4 Å². The van der Waals surface area contributed by atoms with Crippen molar-refractivity contribution in [3.63, 3.8) is 0 Å². The monoisotopic (exact) mass is 380 g/mol. The van der Waals surface area contributed by atoms with Gasteiger partial charge in [0, 0.05) is 25.7 Å². The van der Waals surface area contributed by atoms with E-state index in [-0.39, 0.29) is 18.4 Å². The van der Waals surface area contributed by atoms with Gasteiger partial charge in [0.2, 0.25) is 11.7 Å². The van der Waals surface area contributed by atoms with Crippen LogP contribution >= 0.6 is 0 Å². The predicted octanol–water partition coefficient (Wildman–Crippen LogP) is 3.13. The third-order valence-corrected chi connectivity index (χ3v) is 4.94. The van der Waals surface area contributed by atoms with Gasteiger partial charge in [0.15, 0.2) is 0 Å². The van der Waals surface area contributed by atoms with E-state index >= 15 is 0 Å². The van der Waals surface area contributed by atoms with E-state index in [0.717, 1.165) is 16.9 Å². The fourth-order valence-electron chi connectivity index (χ4n) is 3.39. The summed E-state index contributed by atoms with van der Waals surface area (Å²) >= 11 is 0. The summed E-state index contributed by atoms with van der Waals surface area (Å²) in [6.07, 6.45) is 1.42. The highest BCUT2D eigenvalue weighted by Gasteiger charge is 2.29. The average Bonchev–Trinajstić information content (AvgIpc) is 2.73. The van der Waals surface area contributed by atoms with Gasteiger partial charge in [0.05, 0.1) is 13.0 Å². The van der Waals surface area contributed by atoms with E-state index in [0.29, 0.717) is 25.1 Å². The van der Waals surface area contributed by atoms with Gasteiger partial charge in [-0.15, -0.1) is 0 Å². The summed E-state index contributed by atoms with van der Waals surface area (Å²) in [4.78, 5) is 37.2. The highest BCUT2D eigenvalue weighted by molar-refractivity contribution is 6.35. The van der Waals surface area contributed by atoms with Gasteiger partial charge in [-0.3, -0.25) is 14.4 Å². The van der Waals surface area contributed by atoms with Crippen LogP contribution in [0.3, 0.4) is 0 Å². The molecule has 1 aliphatic heterocycles. The van der Waals surface area contributed by atoms with Gasteiger partial charge in [-0.25, -0.2) is 0 Å². The molecule has 1 saturated heterocycles. The number of hydrogen-bond donors (Lipinski definition) is 1. The minimum Gasteiger partial charge on any atom is -0.497 e. The number of nitrogens with zero attached hydrogens (tertiary/aromatic N) is 1. The first kappa shape index (κ1) is 19.6. The van der Waals surface area contributed by atoms with Crippen LogP contribution in [-0.4, -0.2) is 42.7 Å². The van der Waals surface area contributed by atoms with Crippen molar-refractivity contribution in [3.8, 4) is 16.9 Å². The summed E-state index contributed by atoms with van der Waals surface area (Å²) in [7, 11) is 1.63. The second-order valence-corrected chi connectivity index (χ2v) is 6.95. The molecule has 6 heteroatoms. The lowest BCUT2D eigenvalue weighted by atomic mass is 9.96. The first-order valence-corrected chi connectivity index (χ1v) is 9.33. The van der Waals surface area contributed by atoms with Crippen LogP contribution in [0.1, 0.15) is 19.8 Å². The molecule has 0 aliphatic carbocycles. The quantitative estimate of drug-likeness (QED) is 0.809. The van der Waals surface area contributed by atoms with Crippen LogP contribution in [0.2, 0.25) is 0 Å². The Morgan fingerprint density at radius 3 is 2.50 bits per heavy atom. The van der Waals surface area contributed by atoms with E-state index in [1.54, 1.807) is 7.11 Å². The van der Waals surface area contributed by atoms with Gasteiger partial charge in [-0.1, -0.05) is 24.3 Å². The number of piperidine rings is 1. The Kier molecular flexibility index (Phi) is 6.09. The van der Waals surface area contributed by atoms with Crippen LogP contribution in [0.5, 0.6) is 5.75 Å².